The lowest BCUT2D eigenvalue weighted by atomic mass is 9.98. The summed E-state index contributed by atoms with van der Waals surface area (Å²) >= 11 is 0. The van der Waals surface area contributed by atoms with Crippen molar-refractivity contribution in [1.29, 1.82) is 0 Å². The number of aliphatic hydroxyl groups is 7. The molecule has 11 atom stereocenters. The Balaban J connectivity index is 1.74. The fraction of sp³-hybridized carbons (Fsp3) is 0.783. The van der Waals surface area contributed by atoms with Gasteiger partial charge in [0.1, 0.15) is 54.9 Å². The quantitative estimate of drug-likeness (QED) is 0.0172. The minimum atomic E-state index is -1.72. The van der Waals surface area contributed by atoms with Crippen molar-refractivity contribution in [2.24, 2.45) is 0 Å². The van der Waals surface area contributed by atoms with Gasteiger partial charge in [0, 0.05) is 13.0 Å². The number of carbonyl (C=O) groups is 1. The Morgan fingerprint density at radius 2 is 0.878 bits per heavy atom. The van der Waals surface area contributed by atoms with E-state index in [1.165, 1.54) is 89.9 Å². The maximum absolute atomic E-state index is 13.1. The average Bonchev–Trinajstić information content (AvgIpc) is 3.40. The molecule has 0 bridgehead atoms. The van der Waals surface area contributed by atoms with Crippen molar-refractivity contribution in [2.75, 3.05) is 33.0 Å². The summed E-state index contributed by atoms with van der Waals surface area (Å²) in [5.74, 6) is -0.388. The van der Waals surface area contributed by atoms with Gasteiger partial charge in [0.05, 0.1) is 26.4 Å². The van der Waals surface area contributed by atoms with Gasteiger partial charge in [-0.3, -0.25) is 4.79 Å². The predicted octanol–water partition coefficient (Wildman–Crippen LogP) is 10.2. The van der Waals surface area contributed by atoms with Gasteiger partial charge >= 0.3 is 5.97 Å². The lowest BCUT2D eigenvalue weighted by molar-refractivity contribution is -0.332. The van der Waals surface area contributed by atoms with Crippen LogP contribution in [0.4, 0.5) is 0 Å². The first kappa shape index (κ1) is 67.5. The molecule has 0 aromatic rings. The molecule has 11 unspecified atom stereocenters. The van der Waals surface area contributed by atoms with E-state index >= 15 is 0 Å². The second-order valence-corrected chi connectivity index (χ2v) is 20.1. The molecule has 74 heavy (non-hydrogen) atoms. The third-order valence-corrected chi connectivity index (χ3v) is 13.5. The van der Waals surface area contributed by atoms with Crippen molar-refractivity contribution < 1.29 is 69.0 Å². The first-order chi connectivity index (χ1) is 36.1. The first-order valence-electron chi connectivity index (χ1n) is 29.0. The third kappa shape index (κ3) is 32.9. The van der Waals surface area contributed by atoms with Crippen LogP contribution in [0.25, 0.3) is 0 Å². The van der Waals surface area contributed by atoms with Crippen LogP contribution in [0.1, 0.15) is 200 Å². The van der Waals surface area contributed by atoms with E-state index in [0.29, 0.717) is 13.0 Å². The van der Waals surface area contributed by atoms with E-state index in [0.717, 1.165) is 83.5 Å². The number of carbonyl (C=O) groups excluding carboxylic acids is 1. The Bertz CT molecular complexity index is 1500. The Hall–Kier alpha value is -2.57. The van der Waals surface area contributed by atoms with Crippen molar-refractivity contribution in [2.45, 2.75) is 268 Å². The average molecular weight is 1050 g/mol. The topological polar surface area (TPSA) is 214 Å². The second-order valence-electron chi connectivity index (χ2n) is 20.1. The van der Waals surface area contributed by atoms with Gasteiger partial charge in [0.25, 0.3) is 0 Å². The Kier molecular flexibility index (Phi) is 42.5. The van der Waals surface area contributed by atoms with Gasteiger partial charge in [-0.2, -0.15) is 0 Å². The van der Waals surface area contributed by atoms with Crippen molar-refractivity contribution >= 4 is 5.97 Å². The van der Waals surface area contributed by atoms with Crippen LogP contribution in [0.2, 0.25) is 0 Å². The SMILES string of the molecule is CC/C=C\C/C=C\C/C=C\C/C=C\C/C=C\C/C=C\CCCCCOCC(COC1OC(COC2OC(CO)C(O)C(O)C2O)C(O)C(O)C1O)OC(=O)CCCCCCCCCCCCCCCCCCCC. The highest BCUT2D eigenvalue weighted by atomic mass is 16.7. The molecular weight excluding hydrogens is 945 g/mol. The van der Waals surface area contributed by atoms with Crippen molar-refractivity contribution in [3.8, 4) is 0 Å². The molecule has 0 amide bonds. The molecule has 0 aliphatic carbocycles. The minimum absolute atomic E-state index is 0.0374. The molecule has 14 heteroatoms. The van der Waals surface area contributed by atoms with Crippen LogP contribution >= 0.6 is 0 Å². The van der Waals surface area contributed by atoms with Crippen molar-refractivity contribution in [1.82, 2.24) is 0 Å². The number of ether oxygens (including phenoxy) is 6. The monoisotopic (exact) mass is 1050 g/mol. The van der Waals surface area contributed by atoms with Crippen LogP contribution in [0.5, 0.6) is 0 Å². The zero-order chi connectivity index (χ0) is 53.7. The summed E-state index contributed by atoms with van der Waals surface area (Å²) in [5, 5.41) is 72.3. The normalized spacial score (nSPS) is 25.3. The number of rotatable bonds is 46. The molecule has 7 N–H and O–H groups in total. The summed E-state index contributed by atoms with van der Waals surface area (Å²) in [6, 6.07) is 0. The van der Waals surface area contributed by atoms with Crippen molar-refractivity contribution in [3.05, 3.63) is 72.9 Å². The molecule has 2 fully saturated rings. The highest BCUT2D eigenvalue weighted by Gasteiger charge is 2.47. The van der Waals surface area contributed by atoms with Crippen LogP contribution in [-0.4, -0.2) is 142 Å². The number of unbranched alkanes of at least 4 members (excludes halogenated alkanes) is 20. The van der Waals surface area contributed by atoms with E-state index < -0.39 is 80.7 Å². The molecule has 0 aromatic carbocycles. The minimum Gasteiger partial charge on any atom is -0.457 e. The molecule has 0 saturated carbocycles. The summed E-state index contributed by atoms with van der Waals surface area (Å²) < 4.78 is 34.3. The van der Waals surface area contributed by atoms with Gasteiger partial charge in [-0.1, -0.05) is 202 Å². The lowest BCUT2D eigenvalue weighted by Crippen LogP contribution is -2.61. The van der Waals surface area contributed by atoms with E-state index in [9.17, 15) is 40.5 Å². The molecule has 0 radical (unpaired) electrons. The molecule has 0 spiro atoms. The number of hydrogen-bond donors (Lipinski definition) is 7. The van der Waals surface area contributed by atoms with Crippen LogP contribution in [0, 0.1) is 0 Å². The fourth-order valence-electron chi connectivity index (χ4n) is 8.82. The Morgan fingerprint density at radius 1 is 0.459 bits per heavy atom. The van der Waals surface area contributed by atoms with Gasteiger partial charge in [-0.15, -0.1) is 0 Å². The lowest BCUT2D eigenvalue weighted by Gasteiger charge is -2.42. The Morgan fingerprint density at radius 3 is 1.36 bits per heavy atom. The molecule has 2 heterocycles. The summed E-state index contributed by atoms with van der Waals surface area (Å²) in [6.07, 6.45) is 42.5. The molecule has 0 aromatic heterocycles. The highest BCUT2D eigenvalue weighted by Crippen LogP contribution is 2.26. The maximum atomic E-state index is 13.1. The molecule has 2 saturated heterocycles. The van der Waals surface area contributed by atoms with Crippen LogP contribution in [0.3, 0.4) is 0 Å². The molecule has 2 aliphatic rings. The van der Waals surface area contributed by atoms with Gasteiger partial charge in [0.2, 0.25) is 0 Å². The van der Waals surface area contributed by atoms with Gasteiger partial charge < -0.3 is 64.2 Å². The Labute approximate surface area is 447 Å². The molecule has 2 rings (SSSR count). The number of aliphatic hydroxyl groups excluding tert-OH is 7. The standard InChI is InChI=1S/C60H104O14/c1-3-5-7-9-11-13-15-17-19-21-23-24-25-26-28-30-32-34-36-38-40-42-44-69-46-49(72-52(62)43-41-39-37-35-33-31-29-27-22-20-18-16-14-12-10-8-6-4-2)47-70-59-58(68)56(66)54(64)51(74-59)48-71-60-57(67)55(65)53(63)50(45-61)73-60/h5,7,11,13,17,19,23-24,26,28,32,34,49-51,53-61,63-68H,3-4,6,8-10,12,14-16,18,20-22,25,27,29-31,33,35-48H2,1-2H3/b7-5-,13-11-,19-17-,24-23-,28-26-,34-32-. The van der Waals surface area contributed by atoms with E-state index in [2.05, 4.69) is 86.8 Å². The molecular formula is C60H104O14. The van der Waals surface area contributed by atoms with E-state index in [-0.39, 0.29) is 25.6 Å². The predicted molar refractivity (Wildman–Crippen MR) is 293 cm³/mol. The number of hydrogen-bond acceptors (Lipinski definition) is 14. The molecule has 2 aliphatic heterocycles. The maximum Gasteiger partial charge on any atom is 0.306 e. The van der Waals surface area contributed by atoms with Gasteiger partial charge in [-0.25, -0.2) is 0 Å². The largest absolute Gasteiger partial charge is 0.457 e. The summed E-state index contributed by atoms with van der Waals surface area (Å²) in [5.41, 5.74) is 0. The van der Waals surface area contributed by atoms with E-state index in [1.54, 1.807) is 0 Å². The summed E-state index contributed by atoms with van der Waals surface area (Å²) in [4.78, 5) is 13.1. The number of allylic oxidation sites excluding steroid dienone is 12. The molecule has 14 nitrogen and oxygen atoms in total. The third-order valence-electron chi connectivity index (χ3n) is 13.5. The van der Waals surface area contributed by atoms with E-state index in [1.807, 2.05) is 0 Å². The second kappa shape index (κ2) is 46.5. The zero-order valence-electron chi connectivity index (χ0n) is 45.8. The van der Waals surface area contributed by atoms with Crippen LogP contribution in [0.15, 0.2) is 72.9 Å². The number of esters is 1. The summed E-state index contributed by atoms with van der Waals surface area (Å²) in [6.45, 7) is 3.50. The smallest absolute Gasteiger partial charge is 0.306 e. The fourth-order valence-corrected chi connectivity index (χ4v) is 8.82. The van der Waals surface area contributed by atoms with Gasteiger partial charge in [0.15, 0.2) is 12.6 Å². The van der Waals surface area contributed by atoms with Gasteiger partial charge in [-0.05, 0) is 64.2 Å². The van der Waals surface area contributed by atoms with Crippen LogP contribution in [-0.2, 0) is 33.2 Å². The zero-order valence-corrected chi connectivity index (χ0v) is 45.8. The van der Waals surface area contributed by atoms with Crippen LogP contribution < -0.4 is 0 Å². The molecule has 428 valence electrons. The van der Waals surface area contributed by atoms with Crippen molar-refractivity contribution in [3.63, 3.8) is 0 Å². The van der Waals surface area contributed by atoms with E-state index in [4.69, 9.17) is 28.4 Å². The summed E-state index contributed by atoms with van der Waals surface area (Å²) in [7, 11) is 0. The highest BCUT2D eigenvalue weighted by molar-refractivity contribution is 5.69. The first-order valence-corrected chi connectivity index (χ1v) is 29.0.